The lowest BCUT2D eigenvalue weighted by molar-refractivity contribution is 0.0601. The summed E-state index contributed by atoms with van der Waals surface area (Å²) in [4.78, 5) is 16.7. The Bertz CT molecular complexity index is 624. The van der Waals surface area contributed by atoms with Gasteiger partial charge in [-0.3, -0.25) is 0 Å². The van der Waals surface area contributed by atoms with Crippen LogP contribution in [-0.2, 0) is 11.8 Å². The second-order valence-electron chi connectivity index (χ2n) is 3.96. The molecule has 0 spiro atoms. The van der Waals surface area contributed by atoms with E-state index in [9.17, 15) is 4.79 Å². The molecule has 2 rings (SSSR count). The van der Waals surface area contributed by atoms with Crippen molar-refractivity contribution in [3.8, 4) is 0 Å². The average molecular weight is 278 g/mol. The SMILES string of the molecule is COC(=O)c1cc(Sc2ncnn2C)cc(C)c1N. The zero-order valence-corrected chi connectivity index (χ0v) is 11.7. The summed E-state index contributed by atoms with van der Waals surface area (Å²) in [5, 5.41) is 4.73. The van der Waals surface area contributed by atoms with Crippen LogP contribution in [0.5, 0.6) is 0 Å². The van der Waals surface area contributed by atoms with Crippen molar-refractivity contribution in [1.82, 2.24) is 14.8 Å². The van der Waals surface area contributed by atoms with Crippen LogP contribution in [0.4, 0.5) is 5.69 Å². The van der Waals surface area contributed by atoms with Gasteiger partial charge in [0.25, 0.3) is 0 Å². The summed E-state index contributed by atoms with van der Waals surface area (Å²) in [5.41, 5.74) is 7.52. The number of carbonyl (C=O) groups excluding carboxylic acids is 1. The van der Waals surface area contributed by atoms with E-state index in [2.05, 4.69) is 10.1 Å². The fourth-order valence-electron chi connectivity index (χ4n) is 1.59. The molecule has 0 saturated heterocycles. The van der Waals surface area contributed by atoms with E-state index in [1.54, 1.807) is 17.8 Å². The number of aryl methyl sites for hydroxylation is 2. The molecule has 0 aliphatic rings. The van der Waals surface area contributed by atoms with Gasteiger partial charge in [-0.1, -0.05) is 11.8 Å². The number of hydrogen-bond donors (Lipinski definition) is 1. The third-order valence-corrected chi connectivity index (χ3v) is 3.67. The molecule has 0 aliphatic carbocycles. The predicted molar refractivity (Wildman–Crippen MR) is 72.1 cm³/mol. The van der Waals surface area contributed by atoms with Crippen LogP contribution in [0.25, 0.3) is 0 Å². The van der Waals surface area contributed by atoms with E-state index < -0.39 is 5.97 Å². The topological polar surface area (TPSA) is 83.0 Å². The fourth-order valence-corrected chi connectivity index (χ4v) is 2.49. The third-order valence-electron chi connectivity index (χ3n) is 2.64. The van der Waals surface area contributed by atoms with Crippen molar-refractivity contribution in [3.63, 3.8) is 0 Å². The minimum atomic E-state index is -0.444. The molecular formula is C12H14N4O2S. The molecule has 0 atom stereocenters. The van der Waals surface area contributed by atoms with E-state index in [0.717, 1.165) is 15.6 Å². The van der Waals surface area contributed by atoms with Crippen LogP contribution in [0.2, 0.25) is 0 Å². The monoisotopic (exact) mass is 278 g/mol. The molecule has 19 heavy (non-hydrogen) atoms. The highest BCUT2D eigenvalue weighted by Gasteiger charge is 2.15. The van der Waals surface area contributed by atoms with E-state index >= 15 is 0 Å². The minimum absolute atomic E-state index is 0.368. The smallest absolute Gasteiger partial charge is 0.340 e. The molecule has 0 amide bonds. The number of hydrogen-bond acceptors (Lipinski definition) is 6. The van der Waals surface area contributed by atoms with Gasteiger partial charge in [0.05, 0.1) is 12.7 Å². The number of esters is 1. The van der Waals surface area contributed by atoms with Crippen molar-refractivity contribution in [2.24, 2.45) is 7.05 Å². The van der Waals surface area contributed by atoms with Gasteiger partial charge in [-0.2, -0.15) is 5.10 Å². The Morgan fingerprint density at radius 3 is 2.79 bits per heavy atom. The third kappa shape index (κ3) is 2.70. The summed E-state index contributed by atoms with van der Waals surface area (Å²) >= 11 is 1.41. The Morgan fingerprint density at radius 1 is 1.47 bits per heavy atom. The predicted octanol–water partition coefficient (Wildman–Crippen LogP) is 1.64. The zero-order chi connectivity index (χ0) is 14.0. The van der Waals surface area contributed by atoms with Gasteiger partial charge in [0.15, 0.2) is 5.16 Å². The first-order valence-electron chi connectivity index (χ1n) is 5.53. The van der Waals surface area contributed by atoms with Crippen LogP contribution >= 0.6 is 11.8 Å². The molecule has 100 valence electrons. The number of nitrogen functional groups attached to an aromatic ring is 1. The number of nitrogens with zero attached hydrogens (tertiary/aromatic N) is 3. The van der Waals surface area contributed by atoms with E-state index in [-0.39, 0.29) is 0 Å². The van der Waals surface area contributed by atoms with Crippen molar-refractivity contribution >= 4 is 23.4 Å². The Labute approximate surface area is 115 Å². The Morgan fingerprint density at radius 2 is 2.21 bits per heavy atom. The molecular weight excluding hydrogens is 264 g/mol. The van der Waals surface area contributed by atoms with E-state index in [4.69, 9.17) is 10.5 Å². The molecule has 6 nitrogen and oxygen atoms in total. The largest absolute Gasteiger partial charge is 0.465 e. The molecule has 1 aromatic heterocycles. The van der Waals surface area contributed by atoms with Gasteiger partial charge in [-0.05, 0) is 24.6 Å². The quantitative estimate of drug-likeness (QED) is 0.679. The number of carbonyl (C=O) groups is 1. The van der Waals surface area contributed by atoms with Crippen LogP contribution in [0.3, 0.4) is 0 Å². The van der Waals surface area contributed by atoms with Gasteiger partial charge < -0.3 is 10.5 Å². The van der Waals surface area contributed by atoms with Crippen LogP contribution in [0.15, 0.2) is 28.5 Å². The summed E-state index contributed by atoms with van der Waals surface area (Å²) in [6, 6.07) is 3.61. The van der Waals surface area contributed by atoms with Gasteiger partial charge in [0, 0.05) is 17.6 Å². The Balaban J connectivity index is 2.40. The number of benzene rings is 1. The standard InChI is InChI=1S/C12H14N4O2S/c1-7-4-8(19-12-14-6-15-16(12)2)5-9(10(7)13)11(17)18-3/h4-6H,13H2,1-3H3. The van der Waals surface area contributed by atoms with Crippen molar-refractivity contribution in [2.75, 3.05) is 12.8 Å². The van der Waals surface area contributed by atoms with Crippen molar-refractivity contribution in [2.45, 2.75) is 17.0 Å². The van der Waals surface area contributed by atoms with Gasteiger partial charge in [0.1, 0.15) is 6.33 Å². The number of nitrogens with two attached hydrogens (primary N) is 1. The second-order valence-corrected chi connectivity index (χ2v) is 5.00. The first-order chi connectivity index (χ1) is 9.02. The van der Waals surface area contributed by atoms with E-state index in [1.165, 1.54) is 25.2 Å². The van der Waals surface area contributed by atoms with Gasteiger partial charge >= 0.3 is 5.97 Å². The van der Waals surface area contributed by atoms with Gasteiger partial charge in [0.2, 0.25) is 0 Å². The van der Waals surface area contributed by atoms with Crippen molar-refractivity contribution in [1.29, 1.82) is 0 Å². The van der Waals surface area contributed by atoms with E-state index in [1.807, 2.05) is 13.0 Å². The number of anilines is 1. The molecule has 1 aromatic carbocycles. The van der Waals surface area contributed by atoms with Crippen LogP contribution in [0, 0.1) is 6.92 Å². The normalized spacial score (nSPS) is 10.5. The molecule has 0 fully saturated rings. The summed E-state index contributed by atoms with van der Waals surface area (Å²) in [5.74, 6) is -0.444. The molecule has 2 N–H and O–H groups in total. The molecule has 7 heteroatoms. The Kier molecular flexibility index (Phi) is 3.75. The average Bonchev–Trinajstić information content (AvgIpc) is 2.78. The van der Waals surface area contributed by atoms with Gasteiger partial charge in [-0.25, -0.2) is 14.5 Å². The number of aromatic nitrogens is 3. The first kappa shape index (κ1) is 13.4. The fraction of sp³-hybridized carbons (Fsp3) is 0.250. The maximum atomic E-state index is 11.7. The molecule has 0 aliphatic heterocycles. The maximum Gasteiger partial charge on any atom is 0.340 e. The highest BCUT2D eigenvalue weighted by molar-refractivity contribution is 7.99. The number of ether oxygens (including phenoxy) is 1. The Hall–Kier alpha value is -2.02. The number of methoxy groups -OCH3 is 1. The van der Waals surface area contributed by atoms with Crippen molar-refractivity contribution in [3.05, 3.63) is 29.6 Å². The number of rotatable bonds is 3. The zero-order valence-electron chi connectivity index (χ0n) is 10.9. The molecule has 0 saturated carbocycles. The summed E-state index contributed by atoms with van der Waals surface area (Å²) < 4.78 is 6.39. The van der Waals surface area contributed by atoms with Gasteiger partial charge in [-0.15, -0.1) is 0 Å². The molecule has 2 aromatic rings. The lowest BCUT2D eigenvalue weighted by Gasteiger charge is -2.09. The summed E-state index contributed by atoms with van der Waals surface area (Å²) in [7, 11) is 3.14. The van der Waals surface area contributed by atoms with Crippen LogP contribution < -0.4 is 5.73 Å². The molecule has 0 radical (unpaired) electrons. The van der Waals surface area contributed by atoms with Crippen LogP contribution in [0.1, 0.15) is 15.9 Å². The van der Waals surface area contributed by atoms with E-state index in [0.29, 0.717) is 11.3 Å². The molecule has 0 bridgehead atoms. The highest BCUT2D eigenvalue weighted by atomic mass is 32.2. The molecule has 0 unspecified atom stereocenters. The van der Waals surface area contributed by atoms with Crippen molar-refractivity contribution < 1.29 is 9.53 Å². The minimum Gasteiger partial charge on any atom is -0.465 e. The second kappa shape index (κ2) is 5.31. The first-order valence-corrected chi connectivity index (χ1v) is 6.35. The highest BCUT2D eigenvalue weighted by Crippen LogP contribution is 2.30. The lowest BCUT2D eigenvalue weighted by atomic mass is 10.1. The lowest BCUT2D eigenvalue weighted by Crippen LogP contribution is -2.07. The summed E-state index contributed by atoms with van der Waals surface area (Å²) in [6.07, 6.45) is 1.48. The molecule has 1 heterocycles. The maximum absolute atomic E-state index is 11.7. The van der Waals surface area contributed by atoms with Crippen LogP contribution in [-0.4, -0.2) is 27.8 Å². The summed E-state index contributed by atoms with van der Waals surface area (Å²) in [6.45, 7) is 1.85.